The highest BCUT2D eigenvalue weighted by molar-refractivity contribution is 7.14. The number of hydrogen-bond acceptors (Lipinski definition) is 6. The van der Waals surface area contributed by atoms with Crippen LogP contribution in [0.1, 0.15) is 61.5 Å². The molecule has 1 aliphatic heterocycles. The van der Waals surface area contributed by atoms with Gasteiger partial charge in [0.05, 0.1) is 20.8 Å². The summed E-state index contributed by atoms with van der Waals surface area (Å²) in [4.78, 5) is 31.8. The first-order valence-electron chi connectivity index (χ1n) is 12.3. The van der Waals surface area contributed by atoms with E-state index in [0.717, 1.165) is 36.2 Å². The number of anilines is 1. The minimum atomic E-state index is -2.63. The van der Waals surface area contributed by atoms with Gasteiger partial charge in [0, 0.05) is 31.7 Å². The van der Waals surface area contributed by atoms with E-state index < -0.39 is 18.4 Å². The van der Waals surface area contributed by atoms with Crippen molar-refractivity contribution in [2.45, 2.75) is 65.6 Å². The molecule has 1 fully saturated rings. The minimum Gasteiger partial charge on any atom is -0.410 e. The molecule has 3 aromatic rings. The molecule has 3 heterocycles. The predicted molar refractivity (Wildman–Crippen MR) is 141 cm³/mol. The minimum absolute atomic E-state index is 0.0495. The number of rotatable bonds is 7. The highest BCUT2D eigenvalue weighted by Gasteiger charge is 2.28. The highest BCUT2D eigenvalue weighted by Crippen LogP contribution is 2.30. The second-order valence-electron chi connectivity index (χ2n) is 10.5. The highest BCUT2D eigenvalue weighted by atomic mass is 32.1. The maximum absolute atomic E-state index is 13.0. The Morgan fingerprint density at radius 3 is 2.68 bits per heavy atom. The van der Waals surface area contributed by atoms with Crippen molar-refractivity contribution in [2.24, 2.45) is 5.41 Å². The summed E-state index contributed by atoms with van der Waals surface area (Å²) in [5.74, 6) is 0.145. The second-order valence-corrected chi connectivity index (χ2v) is 11.6. The van der Waals surface area contributed by atoms with Gasteiger partial charge in [-0.3, -0.25) is 10.1 Å². The van der Waals surface area contributed by atoms with Gasteiger partial charge in [0.15, 0.2) is 0 Å². The van der Waals surface area contributed by atoms with Gasteiger partial charge >= 0.3 is 6.09 Å². The van der Waals surface area contributed by atoms with Crippen LogP contribution in [0.25, 0.3) is 11.0 Å². The molecule has 0 saturated carbocycles. The first-order chi connectivity index (χ1) is 17.4. The number of nitrogens with zero attached hydrogens (tertiary/aromatic N) is 3. The Balaban J connectivity index is 1.60. The fourth-order valence-corrected chi connectivity index (χ4v) is 5.01. The van der Waals surface area contributed by atoms with Gasteiger partial charge in [0.2, 0.25) is 5.95 Å². The van der Waals surface area contributed by atoms with E-state index in [1.807, 2.05) is 17.6 Å². The number of carbonyl (C=O) groups is 2. The van der Waals surface area contributed by atoms with Crippen LogP contribution in [0.3, 0.4) is 0 Å². The number of thiophene rings is 1. The van der Waals surface area contributed by atoms with Gasteiger partial charge in [0.25, 0.3) is 12.3 Å². The summed E-state index contributed by atoms with van der Waals surface area (Å²) in [5.41, 5.74) is 1.19. The maximum atomic E-state index is 13.0. The van der Waals surface area contributed by atoms with E-state index in [1.54, 1.807) is 24.1 Å². The van der Waals surface area contributed by atoms with Gasteiger partial charge in [0.1, 0.15) is 5.75 Å². The molecule has 11 heteroatoms. The molecule has 0 aliphatic carbocycles. The standard InChI is InChI=1S/C26H33F2N5O3S/c1-15(26(2,3)4)32(5)25(35)36-17-8-9-19-18(13-17)30-24(33(19)14-16-7-6-12-29-16)31-23(34)21-11-10-20(37-21)22(27)28/h8-11,13,15-16,22,29H,6-7,12,14H2,1-5H3,(H,30,31,34)/t15-,16?/m0/s1. The lowest BCUT2D eigenvalue weighted by molar-refractivity contribution is 0.102. The van der Waals surface area contributed by atoms with Crippen molar-refractivity contribution in [3.8, 4) is 5.75 Å². The Kier molecular flexibility index (Phi) is 7.84. The number of carbonyl (C=O) groups excluding carboxylic acids is 2. The number of amides is 2. The first kappa shape index (κ1) is 27.0. The number of nitrogens with one attached hydrogen (secondary N) is 2. The average Bonchev–Trinajstić information content (AvgIpc) is 3.58. The normalized spacial score (nSPS) is 16.8. The quantitative estimate of drug-likeness (QED) is 0.395. The van der Waals surface area contributed by atoms with E-state index in [2.05, 4.69) is 36.4 Å². The van der Waals surface area contributed by atoms with Crippen molar-refractivity contribution < 1.29 is 23.1 Å². The molecule has 4 rings (SSSR count). The van der Waals surface area contributed by atoms with Crippen molar-refractivity contribution in [1.29, 1.82) is 0 Å². The number of imidazole rings is 1. The topological polar surface area (TPSA) is 88.5 Å². The number of aromatic nitrogens is 2. The predicted octanol–water partition coefficient (Wildman–Crippen LogP) is 5.90. The zero-order valence-corrected chi connectivity index (χ0v) is 22.5. The SMILES string of the molecule is C[C@H](N(C)C(=O)Oc1ccc2c(c1)nc(NC(=O)c1ccc(C(F)F)s1)n2CC1CCCN1)C(C)(C)C. The number of benzene rings is 1. The Labute approximate surface area is 219 Å². The van der Waals surface area contributed by atoms with Crippen LogP contribution in [-0.4, -0.2) is 52.1 Å². The van der Waals surface area contributed by atoms with Crippen molar-refractivity contribution in [3.05, 3.63) is 40.1 Å². The summed E-state index contributed by atoms with van der Waals surface area (Å²) in [6, 6.07) is 7.99. The number of ether oxygens (including phenoxy) is 1. The lowest BCUT2D eigenvalue weighted by Crippen LogP contribution is -2.44. The number of fused-ring (bicyclic) bond motifs is 1. The number of alkyl halides is 2. The Bertz CT molecular complexity index is 1280. The fraction of sp³-hybridized carbons (Fsp3) is 0.500. The van der Waals surface area contributed by atoms with E-state index >= 15 is 0 Å². The van der Waals surface area contributed by atoms with Gasteiger partial charge in [-0.25, -0.2) is 18.6 Å². The van der Waals surface area contributed by atoms with Crippen LogP contribution in [-0.2, 0) is 6.54 Å². The van der Waals surface area contributed by atoms with Crippen molar-refractivity contribution in [3.63, 3.8) is 0 Å². The molecule has 1 aliphatic rings. The summed E-state index contributed by atoms with van der Waals surface area (Å²) in [6.07, 6.45) is -1.05. The summed E-state index contributed by atoms with van der Waals surface area (Å²) >= 11 is 0.756. The lowest BCUT2D eigenvalue weighted by Gasteiger charge is -2.34. The third-order valence-electron chi connectivity index (χ3n) is 6.90. The Morgan fingerprint density at radius 1 is 1.30 bits per heavy atom. The summed E-state index contributed by atoms with van der Waals surface area (Å²) in [6.45, 7) is 9.63. The van der Waals surface area contributed by atoms with E-state index in [4.69, 9.17) is 4.74 Å². The molecular formula is C26H33F2N5O3S. The van der Waals surface area contributed by atoms with Crippen molar-refractivity contribution in [1.82, 2.24) is 19.8 Å². The molecule has 2 aromatic heterocycles. The monoisotopic (exact) mass is 533 g/mol. The number of halogens is 2. The first-order valence-corrected chi connectivity index (χ1v) is 13.1. The molecular weight excluding hydrogens is 500 g/mol. The largest absolute Gasteiger partial charge is 0.415 e. The van der Waals surface area contributed by atoms with E-state index in [-0.39, 0.29) is 27.3 Å². The zero-order valence-electron chi connectivity index (χ0n) is 21.7. The molecule has 37 heavy (non-hydrogen) atoms. The van der Waals surface area contributed by atoms with Gasteiger partial charge in [-0.15, -0.1) is 11.3 Å². The molecule has 2 atom stereocenters. The molecule has 1 saturated heterocycles. The molecule has 1 unspecified atom stereocenters. The third kappa shape index (κ3) is 6.10. The van der Waals surface area contributed by atoms with Gasteiger partial charge < -0.3 is 19.5 Å². The lowest BCUT2D eigenvalue weighted by atomic mass is 9.87. The smallest absolute Gasteiger partial charge is 0.410 e. The molecule has 200 valence electrons. The van der Waals surface area contributed by atoms with Crippen molar-refractivity contribution >= 4 is 40.3 Å². The molecule has 0 spiro atoms. The maximum Gasteiger partial charge on any atom is 0.415 e. The Morgan fingerprint density at radius 2 is 2.05 bits per heavy atom. The van der Waals surface area contributed by atoms with Gasteiger partial charge in [-0.05, 0) is 56.0 Å². The van der Waals surface area contributed by atoms with Gasteiger partial charge in [-0.2, -0.15) is 0 Å². The van der Waals surface area contributed by atoms with E-state index in [0.29, 0.717) is 23.8 Å². The molecule has 1 aromatic carbocycles. The van der Waals surface area contributed by atoms with Crippen LogP contribution >= 0.6 is 11.3 Å². The second kappa shape index (κ2) is 10.7. The van der Waals surface area contributed by atoms with E-state index in [9.17, 15) is 18.4 Å². The summed E-state index contributed by atoms with van der Waals surface area (Å²) in [5, 5.41) is 6.23. The molecule has 0 radical (unpaired) electrons. The van der Waals surface area contributed by atoms with E-state index in [1.165, 1.54) is 12.1 Å². The van der Waals surface area contributed by atoms with Gasteiger partial charge in [-0.1, -0.05) is 20.8 Å². The molecule has 0 bridgehead atoms. The Hall–Kier alpha value is -3.05. The van der Waals surface area contributed by atoms with Crippen LogP contribution in [0.15, 0.2) is 30.3 Å². The zero-order chi connectivity index (χ0) is 26.9. The van der Waals surface area contributed by atoms with Crippen molar-refractivity contribution in [2.75, 3.05) is 18.9 Å². The van der Waals surface area contributed by atoms with Crippen LogP contribution in [0.5, 0.6) is 5.75 Å². The fourth-order valence-electron chi connectivity index (χ4n) is 4.25. The summed E-state index contributed by atoms with van der Waals surface area (Å²) in [7, 11) is 1.71. The molecule has 2 N–H and O–H groups in total. The van der Waals surface area contributed by atoms with Crippen LogP contribution < -0.4 is 15.4 Å². The molecule has 2 amide bonds. The van der Waals surface area contributed by atoms with Crippen LogP contribution in [0.4, 0.5) is 19.5 Å². The molecule has 8 nitrogen and oxygen atoms in total. The number of hydrogen-bond donors (Lipinski definition) is 2. The third-order valence-corrected chi connectivity index (χ3v) is 7.99. The van der Waals surface area contributed by atoms with Crippen LogP contribution in [0.2, 0.25) is 0 Å². The summed E-state index contributed by atoms with van der Waals surface area (Å²) < 4.78 is 33.5. The van der Waals surface area contributed by atoms with Crippen LogP contribution in [0, 0.1) is 5.41 Å². The average molecular weight is 534 g/mol.